The molecule has 0 unspecified atom stereocenters. The van der Waals surface area contributed by atoms with Crippen LogP contribution < -0.4 is 4.74 Å². The van der Waals surface area contributed by atoms with Crippen LogP contribution >= 0.6 is 11.3 Å². The summed E-state index contributed by atoms with van der Waals surface area (Å²) in [4.78, 5) is 16.7. The number of benzene rings is 1. The van der Waals surface area contributed by atoms with Crippen molar-refractivity contribution in [3.05, 3.63) is 41.0 Å². The third-order valence-electron chi connectivity index (χ3n) is 3.27. The van der Waals surface area contributed by atoms with Gasteiger partial charge in [-0.3, -0.25) is 4.40 Å². The number of aromatic nitrogens is 2. The number of ether oxygens (including phenoxy) is 1. The minimum atomic E-state index is -0.912. The zero-order valence-electron chi connectivity index (χ0n) is 12.5. The Hall–Kier alpha value is -2.34. The molecule has 3 aromatic rings. The highest BCUT2D eigenvalue weighted by Gasteiger charge is 2.17. The van der Waals surface area contributed by atoms with Crippen LogP contribution in [0.4, 0.5) is 0 Å². The number of aromatic carboxylic acids is 1. The number of nitrogens with zero attached hydrogens (tertiary/aromatic N) is 2. The second-order valence-electron chi connectivity index (χ2n) is 5.29. The number of imidazole rings is 1. The zero-order chi connectivity index (χ0) is 15.9. The first-order chi connectivity index (χ1) is 10.5. The predicted molar refractivity (Wildman–Crippen MR) is 86.0 cm³/mol. The summed E-state index contributed by atoms with van der Waals surface area (Å²) in [5, 5.41) is 9.13. The second-order valence-corrected chi connectivity index (χ2v) is 6.27. The molecule has 0 fully saturated rings. The van der Waals surface area contributed by atoms with Gasteiger partial charge in [0, 0.05) is 17.5 Å². The third-order valence-corrected chi connectivity index (χ3v) is 4.42. The van der Waals surface area contributed by atoms with Crippen LogP contribution in [-0.2, 0) is 0 Å². The lowest BCUT2D eigenvalue weighted by Gasteiger charge is -2.09. The summed E-state index contributed by atoms with van der Waals surface area (Å²) in [5.74, 6) is -0.0890. The first kappa shape index (κ1) is 14.6. The van der Waals surface area contributed by atoms with Crippen LogP contribution in [0.2, 0.25) is 0 Å². The Kier molecular flexibility index (Phi) is 3.62. The highest BCUT2D eigenvalue weighted by Crippen LogP contribution is 2.28. The van der Waals surface area contributed by atoms with Crippen molar-refractivity contribution < 1.29 is 14.6 Å². The summed E-state index contributed by atoms with van der Waals surface area (Å²) in [7, 11) is 0. The number of rotatable bonds is 4. The molecule has 2 heterocycles. The van der Waals surface area contributed by atoms with Crippen molar-refractivity contribution in [2.24, 2.45) is 0 Å². The fourth-order valence-electron chi connectivity index (χ4n) is 2.26. The molecule has 1 N–H and O–H groups in total. The van der Waals surface area contributed by atoms with Crippen LogP contribution in [0.5, 0.6) is 5.75 Å². The van der Waals surface area contributed by atoms with Gasteiger partial charge in [0.15, 0.2) is 4.96 Å². The lowest BCUT2D eigenvalue weighted by atomic mass is 10.1. The van der Waals surface area contributed by atoms with E-state index in [1.54, 1.807) is 6.92 Å². The Morgan fingerprint density at radius 3 is 2.55 bits per heavy atom. The van der Waals surface area contributed by atoms with Gasteiger partial charge in [-0.25, -0.2) is 9.78 Å². The molecule has 0 bridgehead atoms. The number of hydrogen-bond acceptors (Lipinski definition) is 4. The van der Waals surface area contributed by atoms with Crippen LogP contribution in [0.3, 0.4) is 0 Å². The Balaban J connectivity index is 1.95. The highest BCUT2D eigenvalue weighted by atomic mass is 32.1. The van der Waals surface area contributed by atoms with Gasteiger partial charge in [-0.05, 0) is 45.0 Å². The van der Waals surface area contributed by atoms with Crippen molar-refractivity contribution in [1.82, 2.24) is 9.38 Å². The maximum Gasteiger partial charge on any atom is 0.347 e. The smallest absolute Gasteiger partial charge is 0.347 e. The van der Waals surface area contributed by atoms with Gasteiger partial charge in [-0.2, -0.15) is 0 Å². The predicted octanol–water partition coefficient (Wildman–Crippen LogP) is 3.86. The molecule has 5 nitrogen and oxygen atoms in total. The van der Waals surface area contributed by atoms with Gasteiger partial charge in [0.1, 0.15) is 10.6 Å². The van der Waals surface area contributed by atoms with E-state index in [9.17, 15) is 4.79 Å². The van der Waals surface area contributed by atoms with E-state index in [1.807, 2.05) is 48.7 Å². The molecule has 0 atom stereocenters. The molecular weight excluding hydrogens is 300 g/mol. The van der Waals surface area contributed by atoms with Crippen LogP contribution in [0.1, 0.15) is 29.2 Å². The summed E-state index contributed by atoms with van der Waals surface area (Å²) in [5.41, 5.74) is 2.50. The number of carboxylic acid groups (broad SMARTS) is 1. The number of aryl methyl sites for hydroxylation is 1. The lowest BCUT2D eigenvalue weighted by molar-refractivity contribution is 0.0701. The Morgan fingerprint density at radius 2 is 2.00 bits per heavy atom. The zero-order valence-corrected chi connectivity index (χ0v) is 13.3. The minimum Gasteiger partial charge on any atom is -0.491 e. The highest BCUT2D eigenvalue weighted by molar-refractivity contribution is 7.19. The summed E-state index contributed by atoms with van der Waals surface area (Å²) >= 11 is 1.19. The van der Waals surface area contributed by atoms with Crippen LogP contribution in [0.15, 0.2) is 30.5 Å². The number of hydrogen-bond donors (Lipinski definition) is 1. The summed E-state index contributed by atoms with van der Waals surface area (Å²) < 4.78 is 7.44. The van der Waals surface area contributed by atoms with E-state index < -0.39 is 5.97 Å². The molecule has 0 aliphatic heterocycles. The van der Waals surface area contributed by atoms with Crippen molar-refractivity contribution in [2.45, 2.75) is 26.9 Å². The summed E-state index contributed by atoms with van der Waals surface area (Å²) in [6.07, 6.45) is 2.01. The van der Waals surface area contributed by atoms with E-state index in [2.05, 4.69) is 4.98 Å². The third kappa shape index (κ3) is 2.57. The van der Waals surface area contributed by atoms with E-state index in [4.69, 9.17) is 9.84 Å². The van der Waals surface area contributed by atoms with Gasteiger partial charge < -0.3 is 9.84 Å². The Bertz CT molecular complexity index is 831. The Labute approximate surface area is 131 Å². The average Bonchev–Trinajstić information content (AvgIpc) is 2.99. The summed E-state index contributed by atoms with van der Waals surface area (Å²) in [6, 6.07) is 7.74. The van der Waals surface area contributed by atoms with Crippen LogP contribution in [-0.4, -0.2) is 26.6 Å². The molecule has 6 heteroatoms. The Morgan fingerprint density at radius 1 is 1.32 bits per heavy atom. The molecule has 22 heavy (non-hydrogen) atoms. The molecule has 0 saturated heterocycles. The number of fused-ring (bicyclic) bond motifs is 1. The van der Waals surface area contributed by atoms with Gasteiger partial charge in [0.05, 0.1) is 11.8 Å². The molecule has 0 saturated carbocycles. The van der Waals surface area contributed by atoms with E-state index in [0.717, 1.165) is 17.0 Å². The SMILES string of the molecule is Cc1c(C(=O)O)sc2nc(-c3ccc(OC(C)C)cc3)cn12. The van der Waals surface area contributed by atoms with Crippen molar-refractivity contribution in [3.8, 4) is 17.0 Å². The maximum atomic E-state index is 11.1. The molecule has 1 aromatic carbocycles. The fourth-order valence-corrected chi connectivity index (χ4v) is 3.21. The van der Waals surface area contributed by atoms with Crippen molar-refractivity contribution in [3.63, 3.8) is 0 Å². The molecule has 3 rings (SSSR count). The van der Waals surface area contributed by atoms with E-state index in [0.29, 0.717) is 15.5 Å². The van der Waals surface area contributed by atoms with Crippen LogP contribution in [0.25, 0.3) is 16.2 Å². The van der Waals surface area contributed by atoms with Crippen LogP contribution in [0, 0.1) is 6.92 Å². The minimum absolute atomic E-state index is 0.140. The van der Waals surface area contributed by atoms with Gasteiger partial charge in [0.2, 0.25) is 0 Å². The van der Waals surface area contributed by atoms with Crippen molar-refractivity contribution >= 4 is 22.3 Å². The second kappa shape index (κ2) is 5.46. The number of thiazole rings is 1. The molecule has 0 amide bonds. The van der Waals surface area contributed by atoms with E-state index in [1.165, 1.54) is 11.3 Å². The maximum absolute atomic E-state index is 11.1. The largest absolute Gasteiger partial charge is 0.491 e. The average molecular weight is 316 g/mol. The molecule has 2 aromatic heterocycles. The van der Waals surface area contributed by atoms with Gasteiger partial charge in [-0.15, -0.1) is 0 Å². The molecule has 0 spiro atoms. The molecule has 0 radical (unpaired) electrons. The normalized spacial score (nSPS) is 11.3. The number of carbonyl (C=O) groups is 1. The quantitative estimate of drug-likeness (QED) is 0.794. The fraction of sp³-hybridized carbons (Fsp3) is 0.250. The van der Waals surface area contributed by atoms with Gasteiger partial charge >= 0.3 is 5.97 Å². The van der Waals surface area contributed by atoms with Crippen molar-refractivity contribution in [2.75, 3.05) is 0 Å². The van der Waals surface area contributed by atoms with E-state index in [-0.39, 0.29) is 6.10 Å². The molecule has 0 aliphatic carbocycles. The van der Waals surface area contributed by atoms with Gasteiger partial charge in [0.25, 0.3) is 0 Å². The lowest BCUT2D eigenvalue weighted by Crippen LogP contribution is -2.05. The topological polar surface area (TPSA) is 63.8 Å². The first-order valence-electron chi connectivity index (χ1n) is 6.94. The summed E-state index contributed by atoms with van der Waals surface area (Å²) in [6.45, 7) is 5.76. The first-order valence-corrected chi connectivity index (χ1v) is 7.76. The van der Waals surface area contributed by atoms with Crippen molar-refractivity contribution in [1.29, 1.82) is 0 Å². The molecular formula is C16H16N2O3S. The monoisotopic (exact) mass is 316 g/mol. The number of carboxylic acids is 1. The molecule has 114 valence electrons. The van der Waals surface area contributed by atoms with E-state index >= 15 is 0 Å². The molecule has 0 aliphatic rings. The van der Waals surface area contributed by atoms with Gasteiger partial charge in [-0.1, -0.05) is 11.3 Å². The standard InChI is InChI=1S/C16H16N2O3S/c1-9(2)21-12-6-4-11(5-7-12)13-8-18-10(3)14(15(19)20)22-16(18)17-13/h4-9H,1-3H3,(H,19,20).